The molecule has 0 fully saturated rings. The third-order valence-electron chi connectivity index (χ3n) is 2.93. The second-order valence-electron chi connectivity index (χ2n) is 5.23. The molecule has 0 aliphatic carbocycles. The average molecular weight is 385 g/mol. The lowest BCUT2D eigenvalue weighted by atomic mass is 10.1. The number of hydrogen-bond acceptors (Lipinski definition) is 4. The summed E-state index contributed by atoms with van der Waals surface area (Å²) in [6.07, 6.45) is 3.71. The highest BCUT2D eigenvalue weighted by Crippen LogP contribution is 2.24. The van der Waals surface area contributed by atoms with E-state index in [1.54, 1.807) is 6.20 Å². The van der Waals surface area contributed by atoms with Crippen LogP contribution in [0.1, 0.15) is 32.9 Å². The van der Waals surface area contributed by atoms with Crippen molar-refractivity contribution < 1.29 is 0 Å². The van der Waals surface area contributed by atoms with E-state index in [2.05, 4.69) is 53.4 Å². The molecule has 2 rings (SSSR count). The normalized spacial score (nSPS) is 11.2. The van der Waals surface area contributed by atoms with Crippen molar-refractivity contribution in [2.45, 2.75) is 40.2 Å². The van der Waals surface area contributed by atoms with Gasteiger partial charge in [0.05, 0.1) is 9.26 Å². The standard InChI is InChI=1S/C14H20IN5/c1-4-7-20-11(5-6-17-20)14-18-10(8-9(2)3)12(15)13(16)19-14/h5-6,9H,4,7-8H2,1-3H3,(H2,16,18,19). The lowest BCUT2D eigenvalue weighted by molar-refractivity contribution is 0.604. The third-order valence-corrected chi connectivity index (χ3v) is 4.10. The zero-order valence-corrected chi connectivity index (χ0v) is 14.3. The summed E-state index contributed by atoms with van der Waals surface area (Å²) in [4.78, 5) is 9.12. The van der Waals surface area contributed by atoms with Crippen LogP contribution in [0.3, 0.4) is 0 Å². The van der Waals surface area contributed by atoms with Crippen LogP contribution in [-0.4, -0.2) is 19.7 Å². The summed E-state index contributed by atoms with van der Waals surface area (Å²) in [5, 5.41) is 4.32. The summed E-state index contributed by atoms with van der Waals surface area (Å²) in [5.41, 5.74) is 7.99. The van der Waals surface area contributed by atoms with Gasteiger partial charge in [0.15, 0.2) is 5.82 Å². The van der Waals surface area contributed by atoms with E-state index in [9.17, 15) is 0 Å². The minimum atomic E-state index is 0.534. The first-order valence-electron chi connectivity index (χ1n) is 6.87. The van der Waals surface area contributed by atoms with E-state index in [-0.39, 0.29) is 0 Å². The quantitative estimate of drug-likeness (QED) is 0.803. The summed E-state index contributed by atoms with van der Waals surface area (Å²) < 4.78 is 2.89. The Morgan fingerprint density at radius 3 is 2.75 bits per heavy atom. The molecule has 0 bridgehead atoms. The summed E-state index contributed by atoms with van der Waals surface area (Å²) >= 11 is 2.23. The maximum atomic E-state index is 6.04. The Bertz CT molecular complexity index is 591. The fourth-order valence-electron chi connectivity index (χ4n) is 2.06. The van der Waals surface area contributed by atoms with Gasteiger partial charge in [-0.25, -0.2) is 9.97 Å². The van der Waals surface area contributed by atoms with Crippen molar-refractivity contribution in [3.8, 4) is 11.5 Å². The first-order valence-corrected chi connectivity index (χ1v) is 7.94. The second-order valence-corrected chi connectivity index (χ2v) is 6.31. The van der Waals surface area contributed by atoms with E-state index < -0.39 is 0 Å². The average Bonchev–Trinajstić information content (AvgIpc) is 2.83. The van der Waals surface area contributed by atoms with Gasteiger partial charge < -0.3 is 5.73 Å². The van der Waals surface area contributed by atoms with E-state index >= 15 is 0 Å². The van der Waals surface area contributed by atoms with Crippen LogP contribution in [0.25, 0.3) is 11.5 Å². The predicted octanol–water partition coefficient (Wildman–Crippen LogP) is 3.14. The van der Waals surface area contributed by atoms with Gasteiger partial charge in [-0.2, -0.15) is 5.10 Å². The van der Waals surface area contributed by atoms with Crippen LogP contribution in [-0.2, 0) is 13.0 Å². The SMILES string of the molecule is CCCn1nccc1-c1nc(N)c(I)c(CC(C)C)n1. The second kappa shape index (κ2) is 6.51. The van der Waals surface area contributed by atoms with E-state index in [0.717, 1.165) is 34.3 Å². The molecule has 6 heteroatoms. The molecule has 2 aromatic heterocycles. The molecule has 2 N–H and O–H groups in total. The molecular weight excluding hydrogens is 365 g/mol. The van der Waals surface area contributed by atoms with Gasteiger partial charge in [-0.1, -0.05) is 20.8 Å². The Morgan fingerprint density at radius 2 is 2.10 bits per heavy atom. The van der Waals surface area contributed by atoms with Gasteiger partial charge in [-0.15, -0.1) is 0 Å². The highest BCUT2D eigenvalue weighted by Gasteiger charge is 2.15. The summed E-state index contributed by atoms with van der Waals surface area (Å²) in [5.74, 6) is 1.76. The number of aryl methyl sites for hydroxylation is 1. The van der Waals surface area contributed by atoms with E-state index in [1.807, 2.05) is 10.7 Å². The zero-order valence-electron chi connectivity index (χ0n) is 12.1. The molecule has 0 radical (unpaired) electrons. The van der Waals surface area contributed by atoms with Crippen LogP contribution in [0.4, 0.5) is 5.82 Å². The number of hydrogen-bond donors (Lipinski definition) is 1. The fraction of sp³-hybridized carbons (Fsp3) is 0.500. The number of nitrogens with zero attached hydrogens (tertiary/aromatic N) is 4. The summed E-state index contributed by atoms with van der Waals surface area (Å²) in [6.45, 7) is 7.33. The number of nitrogen functional groups attached to an aromatic ring is 1. The molecule has 2 heterocycles. The van der Waals surface area contributed by atoms with Crippen molar-refractivity contribution in [2.24, 2.45) is 5.92 Å². The molecule has 108 valence electrons. The molecule has 20 heavy (non-hydrogen) atoms. The van der Waals surface area contributed by atoms with Gasteiger partial charge in [0, 0.05) is 12.7 Å². The topological polar surface area (TPSA) is 69.6 Å². The van der Waals surface area contributed by atoms with Crippen LogP contribution in [0, 0.1) is 9.49 Å². The first-order chi connectivity index (χ1) is 9.52. The summed E-state index contributed by atoms with van der Waals surface area (Å²) in [6, 6.07) is 1.94. The largest absolute Gasteiger partial charge is 0.383 e. The minimum absolute atomic E-state index is 0.534. The van der Waals surface area contributed by atoms with Gasteiger partial charge in [0.1, 0.15) is 11.5 Å². The Kier molecular flexibility index (Phi) is 4.95. The maximum Gasteiger partial charge on any atom is 0.180 e. The minimum Gasteiger partial charge on any atom is -0.383 e. The number of halogens is 1. The van der Waals surface area contributed by atoms with Crippen molar-refractivity contribution in [2.75, 3.05) is 5.73 Å². The lowest BCUT2D eigenvalue weighted by Crippen LogP contribution is -2.10. The van der Waals surface area contributed by atoms with Crippen LogP contribution < -0.4 is 5.73 Å². The molecule has 0 saturated heterocycles. The Hall–Kier alpha value is -1.18. The molecule has 2 aromatic rings. The predicted molar refractivity (Wildman–Crippen MR) is 89.2 cm³/mol. The molecular formula is C14H20IN5. The lowest BCUT2D eigenvalue weighted by Gasteiger charge is -2.11. The van der Waals surface area contributed by atoms with Crippen molar-refractivity contribution in [3.05, 3.63) is 21.5 Å². The number of rotatable bonds is 5. The monoisotopic (exact) mass is 385 g/mol. The molecule has 0 aromatic carbocycles. The zero-order chi connectivity index (χ0) is 14.7. The van der Waals surface area contributed by atoms with Gasteiger partial charge in [-0.3, -0.25) is 4.68 Å². The van der Waals surface area contributed by atoms with Crippen LogP contribution >= 0.6 is 22.6 Å². The number of anilines is 1. The van der Waals surface area contributed by atoms with Gasteiger partial charge in [0.2, 0.25) is 0 Å². The van der Waals surface area contributed by atoms with Crippen molar-refractivity contribution >= 4 is 28.4 Å². The molecule has 0 spiro atoms. The van der Waals surface area contributed by atoms with Crippen molar-refractivity contribution in [3.63, 3.8) is 0 Å². The van der Waals surface area contributed by atoms with Crippen molar-refractivity contribution in [1.29, 1.82) is 0 Å². The smallest absolute Gasteiger partial charge is 0.180 e. The number of nitrogens with two attached hydrogens (primary N) is 1. The maximum absolute atomic E-state index is 6.04. The Morgan fingerprint density at radius 1 is 1.35 bits per heavy atom. The van der Waals surface area contributed by atoms with Gasteiger partial charge in [-0.05, 0) is 47.4 Å². The van der Waals surface area contributed by atoms with E-state index in [1.165, 1.54) is 0 Å². The molecule has 0 atom stereocenters. The van der Waals surface area contributed by atoms with Crippen LogP contribution in [0.5, 0.6) is 0 Å². The Balaban J connectivity index is 2.46. The molecule has 0 saturated carbocycles. The van der Waals surface area contributed by atoms with Crippen LogP contribution in [0.2, 0.25) is 0 Å². The first kappa shape index (κ1) is 15.2. The molecule has 0 unspecified atom stereocenters. The molecule has 0 aliphatic rings. The highest BCUT2D eigenvalue weighted by molar-refractivity contribution is 14.1. The van der Waals surface area contributed by atoms with E-state index in [4.69, 9.17) is 10.7 Å². The fourth-order valence-corrected chi connectivity index (χ4v) is 2.52. The van der Waals surface area contributed by atoms with Gasteiger partial charge in [0.25, 0.3) is 0 Å². The Labute approximate surface area is 133 Å². The van der Waals surface area contributed by atoms with Crippen molar-refractivity contribution in [1.82, 2.24) is 19.7 Å². The van der Waals surface area contributed by atoms with E-state index in [0.29, 0.717) is 17.6 Å². The summed E-state index contributed by atoms with van der Waals surface area (Å²) in [7, 11) is 0. The molecule has 0 amide bonds. The van der Waals surface area contributed by atoms with Crippen LogP contribution in [0.15, 0.2) is 12.3 Å². The third kappa shape index (κ3) is 3.28. The molecule has 5 nitrogen and oxygen atoms in total. The highest BCUT2D eigenvalue weighted by atomic mass is 127. The van der Waals surface area contributed by atoms with Gasteiger partial charge >= 0.3 is 0 Å². The number of aromatic nitrogens is 4. The molecule has 0 aliphatic heterocycles.